The molecule has 1 fully saturated rings. The van der Waals surface area contributed by atoms with E-state index in [1.54, 1.807) is 35.6 Å². The molecule has 0 bridgehead atoms. The van der Waals surface area contributed by atoms with Gasteiger partial charge in [-0.3, -0.25) is 9.69 Å². The van der Waals surface area contributed by atoms with Gasteiger partial charge in [-0.1, -0.05) is 0 Å². The summed E-state index contributed by atoms with van der Waals surface area (Å²) >= 11 is 5.24. The lowest BCUT2D eigenvalue weighted by molar-refractivity contribution is -0.135. The highest BCUT2D eigenvalue weighted by atomic mass is 79.9. The number of thiophene rings is 1. The molecule has 1 aromatic carbocycles. The number of carbonyl (C=O) groups is 1. The van der Waals surface area contributed by atoms with Crippen molar-refractivity contribution >= 4 is 33.2 Å². The van der Waals surface area contributed by atoms with Crippen LogP contribution in [-0.2, 0) is 11.3 Å². The highest BCUT2D eigenvalue weighted by Gasteiger charge is 2.21. The van der Waals surface area contributed by atoms with Gasteiger partial charge in [0.05, 0.1) is 15.4 Å². The fourth-order valence-corrected chi connectivity index (χ4v) is 4.20. The molecule has 1 aliphatic heterocycles. The Morgan fingerprint density at radius 3 is 2.48 bits per heavy atom. The van der Waals surface area contributed by atoms with Crippen LogP contribution in [0.5, 0.6) is 5.75 Å². The number of ether oxygens (including phenoxy) is 1. The van der Waals surface area contributed by atoms with Crippen molar-refractivity contribution in [3.63, 3.8) is 0 Å². The highest BCUT2D eigenvalue weighted by Crippen LogP contribution is 2.23. The SMILES string of the molecule is N#Cc1ccc(OCC(=O)N2CCN(Cc3ccc(Br)s3)CC2)cc1. The summed E-state index contributed by atoms with van der Waals surface area (Å²) in [6, 6.07) is 13.0. The average molecular weight is 420 g/mol. The molecule has 0 radical (unpaired) electrons. The predicted molar refractivity (Wildman–Crippen MR) is 101 cm³/mol. The Balaban J connectivity index is 1.42. The standard InChI is InChI=1S/C18H18BrN3O2S/c19-17-6-5-16(25-17)12-21-7-9-22(10-8-21)18(23)13-24-15-3-1-14(11-20)2-4-15/h1-6H,7-10,12-13H2. The summed E-state index contributed by atoms with van der Waals surface area (Å²) in [4.78, 5) is 17.8. The van der Waals surface area contributed by atoms with Gasteiger partial charge >= 0.3 is 0 Å². The summed E-state index contributed by atoms with van der Waals surface area (Å²) in [5.41, 5.74) is 0.576. The zero-order valence-electron chi connectivity index (χ0n) is 13.7. The third-order valence-corrected chi connectivity index (χ3v) is 5.69. The van der Waals surface area contributed by atoms with Crippen molar-refractivity contribution in [1.29, 1.82) is 5.26 Å². The van der Waals surface area contributed by atoms with Crippen molar-refractivity contribution in [3.05, 3.63) is 50.6 Å². The van der Waals surface area contributed by atoms with Crippen molar-refractivity contribution < 1.29 is 9.53 Å². The number of hydrogen-bond donors (Lipinski definition) is 0. The van der Waals surface area contributed by atoms with Crippen LogP contribution < -0.4 is 4.74 Å². The van der Waals surface area contributed by atoms with Gasteiger partial charge in [0.15, 0.2) is 6.61 Å². The highest BCUT2D eigenvalue weighted by molar-refractivity contribution is 9.11. The molecule has 130 valence electrons. The zero-order chi connectivity index (χ0) is 17.6. The van der Waals surface area contributed by atoms with Gasteiger partial charge < -0.3 is 9.64 Å². The van der Waals surface area contributed by atoms with Gasteiger partial charge in [0.1, 0.15) is 5.75 Å². The van der Waals surface area contributed by atoms with E-state index < -0.39 is 0 Å². The molecule has 1 aliphatic rings. The Kier molecular flexibility index (Phi) is 6.08. The first-order valence-electron chi connectivity index (χ1n) is 8.01. The summed E-state index contributed by atoms with van der Waals surface area (Å²) in [7, 11) is 0. The Bertz CT molecular complexity index is 761. The Morgan fingerprint density at radius 1 is 1.16 bits per heavy atom. The first-order valence-corrected chi connectivity index (χ1v) is 9.62. The van der Waals surface area contributed by atoms with Crippen molar-refractivity contribution in [2.45, 2.75) is 6.54 Å². The maximum atomic E-state index is 12.3. The summed E-state index contributed by atoms with van der Waals surface area (Å²) in [5.74, 6) is 0.608. The number of hydrogen-bond acceptors (Lipinski definition) is 5. The maximum absolute atomic E-state index is 12.3. The van der Waals surface area contributed by atoms with Gasteiger partial charge in [-0.25, -0.2) is 0 Å². The molecule has 1 aromatic heterocycles. The fraction of sp³-hybridized carbons (Fsp3) is 0.333. The molecule has 0 saturated carbocycles. The molecule has 0 N–H and O–H groups in total. The molecule has 1 saturated heterocycles. The second-order valence-electron chi connectivity index (χ2n) is 5.79. The van der Waals surface area contributed by atoms with Crippen molar-refractivity contribution in [3.8, 4) is 11.8 Å². The van der Waals surface area contributed by atoms with Gasteiger partial charge in [0.2, 0.25) is 0 Å². The lowest BCUT2D eigenvalue weighted by Gasteiger charge is -2.34. The van der Waals surface area contributed by atoms with Crippen molar-refractivity contribution in [1.82, 2.24) is 9.80 Å². The number of benzene rings is 1. The molecule has 0 atom stereocenters. The summed E-state index contributed by atoms with van der Waals surface area (Å²) < 4.78 is 6.68. The molecule has 0 unspecified atom stereocenters. The van der Waals surface area contributed by atoms with Crippen molar-refractivity contribution in [2.75, 3.05) is 32.8 Å². The van der Waals surface area contributed by atoms with Crippen LogP contribution in [0.4, 0.5) is 0 Å². The van der Waals surface area contributed by atoms with Crippen LogP contribution in [0.1, 0.15) is 10.4 Å². The summed E-state index contributed by atoms with van der Waals surface area (Å²) in [6.45, 7) is 4.16. The zero-order valence-corrected chi connectivity index (χ0v) is 16.1. The fourth-order valence-electron chi connectivity index (χ4n) is 2.67. The van der Waals surface area contributed by atoms with E-state index in [1.165, 1.54) is 4.88 Å². The first-order chi connectivity index (χ1) is 12.1. The number of carbonyl (C=O) groups excluding carboxylic acids is 1. The number of nitrogens with zero attached hydrogens (tertiary/aromatic N) is 3. The quantitative estimate of drug-likeness (QED) is 0.746. The number of halogens is 1. The minimum Gasteiger partial charge on any atom is -0.484 e. The molecule has 2 heterocycles. The van der Waals surface area contributed by atoms with Gasteiger partial charge in [0, 0.05) is 37.6 Å². The molecule has 5 nitrogen and oxygen atoms in total. The van der Waals surface area contributed by atoms with E-state index in [0.29, 0.717) is 11.3 Å². The molecule has 1 amide bonds. The van der Waals surface area contributed by atoms with E-state index in [9.17, 15) is 4.79 Å². The predicted octanol–water partition coefficient (Wildman–Crippen LogP) is 3.11. The van der Waals surface area contributed by atoms with Crippen molar-refractivity contribution in [2.24, 2.45) is 0 Å². The molecule has 2 aromatic rings. The van der Waals surface area contributed by atoms with E-state index in [1.807, 2.05) is 4.90 Å². The van der Waals surface area contributed by atoms with E-state index >= 15 is 0 Å². The van der Waals surface area contributed by atoms with Gasteiger partial charge in [-0.15, -0.1) is 11.3 Å². The van der Waals surface area contributed by atoms with E-state index in [2.05, 4.69) is 39.0 Å². The van der Waals surface area contributed by atoms with E-state index in [-0.39, 0.29) is 12.5 Å². The van der Waals surface area contributed by atoms with Crippen LogP contribution >= 0.6 is 27.3 Å². The lowest BCUT2D eigenvalue weighted by atomic mass is 10.2. The van der Waals surface area contributed by atoms with Crippen LogP contribution in [0.25, 0.3) is 0 Å². The summed E-state index contributed by atoms with van der Waals surface area (Å²) in [5, 5.41) is 8.78. The lowest BCUT2D eigenvalue weighted by Crippen LogP contribution is -2.49. The molecular formula is C18H18BrN3O2S. The smallest absolute Gasteiger partial charge is 0.260 e. The Labute approximate surface area is 159 Å². The van der Waals surface area contributed by atoms with Crippen LogP contribution in [0.2, 0.25) is 0 Å². The topological polar surface area (TPSA) is 56.6 Å². The minimum atomic E-state index is 0.00266. The summed E-state index contributed by atoms with van der Waals surface area (Å²) in [6.07, 6.45) is 0. The molecular weight excluding hydrogens is 402 g/mol. The van der Waals surface area contributed by atoms with Gasteiger partial charge in [-0.05, 0) is 52.3 Å². The van der Waals surface area contributed by atoms with E-state index in [4.69, 9.17) is 10.00 Å². The van der Waals surface area contributed by atoms with Crippen LogP contribution in [0.15, 0.2) is 40.2 Å². The number of nitriles is 1. The second kappa shape index (κ2) is 8.48. The molecule has 0 spiro atoms. The minimum absolute atomic E-state index is 0.00266. The largest absolute Gasteiger partial charge is 0.484 e. The van der Waals surface area contributed by atoms with Gasteiger partial charge in [0.25, 0.3) is 5.91 Å². The number of rotatable bonds is 5. The Hall–Kier alpha value is -1.88. The monoisotopic (exact) mass is 419 g/mol. The van der Waals surface area contributed by atoms with Crippen LogP contribution in [-0.4, -0.2) is 48.5 Å². The Morgan fingerprint density at radius 2 is 1.88 bits per heavy atom. The third kappa shape index (κ3) is 5.05. The third-order valence-electron chi connectivity index (χ3n) is 4.08. The van der Waals surface area contributed by atoms with Crippen LogP contribution in [0.3, 0.4) is 0 Å². The van der Waals surface area contributed by atoms with Crippen LogP contribution in [0, 0.1) is 11.3 Å². The second-order valence-corrected chi connectivity index (χ2v) is 8.34. The molecule has 3 rings (SSSR count). The average Bonchev–Trinajstić information content (AvgIpc) is 3.05. The van der Waals surface area contributed by atoms with E-state index in [0.717, 1.165) is 36.5 Å². The number of amides is 1. The molecule has 25 heavy (non-hydrogen) atoms. The first kappa shape index (κ1) is 17.9. The van der Waals surface area contributed by atoms with Gasteiger partial charge in [-0.2, -0.15) is 5.26 Å². The maximum Gasteiger partial charge on any atom is 0.260 e. The normalized spacial score (nSPS) is 15.0. The number of piperazine rings is 1. The molecule has 0 aliphatic carbocycles. The molecule has 7 heteroatoms.